The van der Waals surface area contributed by atoms with Crippen molar-refractivity contribution < 1.29 is 4.74 Å². The van der Waals surface area contributed by atoms with Crippen LogP contribution >= 0.6 is 0 Å². The molecule has 3 rings (SSSR count). The van der Waals surface area contributed by atoms with Crippen LogP contribution in [0.1, 0.15) is 19.5 Å². The fourth-order valence-electron chi connectivity index (χ4n) is 1.85. The molecule has 17 heavy (non-hydrogen) atoms. The molecule has 0 atom stereocenters. The van der Waals surface area contributed by atoms with E-state index in [1.54, 1.807) is 6.33 Å². The van der Waals surface area contributed by atoms with Crippen LogP contribution in [0.5, 0.6) is 0 Å². The number of rotatable bonds is 1. The fraction of sp³-hybridized carbons (Fsp3) is 0.455. The van der Waals surface area contributed by atoms with Gasteiger partial charge in [0.05, 0.1) is 11.9 Å². The number of aliphatic imine (C=N–C) groups is 1. The van der Waals surface area contributed by atoms with Gasteiger partial charge < -0.3 is 9.30 Å². The molecule has 88 valence electrons. The second kappa shape index (κ2) is 3.26. The number of nitrogens with zero attached hydrogens (tertiary/aromatic N) is 5. The molecule has 0 saturated heterocycles. The van der Waals surface area contributed by atoms with Gasteiger partial charge in [-0.3, -0.25) is 0 Å². The van der Waals surface area contributed by atoms with E-state index in [9.17, 15) is 0 Å². The lowest BCUT2D eigenvalue weighted by Crippen LogP contribution is -2.17. The van der Waals surface area contributed by atoms with Crippen molar-refractivity contribution in [1.82, 2.24) is 19.5 Å². The molecule has 2 aromatic rings. The normalized spacial score (nSPS) is 18.2. The third kappa shape index (κ3) is 1.56. The predicted octanol–water partition coefficient (Wildman–Crippen LogP) is 0.919. The number of imidazole rings is 1. The Morgan fingerprint density at radius 2 is 2.12 bits per heavy atom. The molecular formula is C11H13N5O. The molecule has 0 saturated carbocycles. The Labute approximate surface area is 98.4 Å². The van der Waals surface area contributed by atoms with Gasteiger partial charge in [0.1, 0.15) is 18.5 Å². The molecule has 0 radical (unpaired) electrons. The molecule has 0 fully saturated rings. The van der Waals surface area contributed by atoms with Crippen molar-refractivity contribution in [1.29, 1.82) is 0 Å². The van der Waals surface area contributed by atoms with Gasteiger partial charge in [-0.2, -0.15) is 0 Å². The highest BCUT2D eigenvalue weighted by atomic mass is 16.5. The molecule has 0 amide bonds. The summed E-state index contributed by atoms with van der Waals surface area (Å²) >= 11 is 0. The molecule has 6 heteroatoms. The molecule has 3 heterocycles. The molecular weight excluding hydrogens is 218 g/mol. The van der Waals surface area contributed by atoms with Gasteiger partial charge >= 0.3 is 0 Å². The SMILES string of the molecule is Cn1cnc2ncnc(C3=NC(C)(C)CO3)c21. The molecule has 0 N–H and O–H groups in total. The summed E-state index contributed by atoms with van der Waals surface area (Å²) in [6.07, 6.45) is 3.20. The van der Waals surface area contributed by atoms with Crippen LogP contribution < -0.4 is 0 Å². The van der Waals surface area contributed by atoms with Crippen molar-refractivity contribution in [2.45, 2.75) is 19.4 Å². The number of aromatic nitrogens is 4. The van der Waals surface area contributed by atoms with Crippen molar-refractivity contribution in [3.8, 4) is 0 Å². The summed E-state index contributed by atoms with van der Waals surface area (Å²) in [5.74, 6) is 0.575. The minimum atomic E-state index is -0.189. The standard InChI is InChI=1S/C11H13N5O/c1-11(2)4-17-10(15-11)7-8-9(13-5-12-7)14-6-16(8)3/h5-6H,4H2,1-3H3. The zero-order valence-corrected chi connectivity index (χ0v) is 10.0. The third-order valence-electron chi connectivity index (χ3n) is 2.68. The summed E-state index contributed by atoms with van der Waals surface area (Å²) in [6.45, 7) is 4.63. The summed E-state index contributed by atoms with van der Waals surface area (Å²) in [5.41, 5.74) is 2.03. The van der Waals surface area contributed by atoms with Gasteiger partial charge in [-0.1, -0.05) is 0 Å². The van der Waals surface area contributed by atoms with E-state index in [0.717, 1.165) is 5.52 Å². The molecule has 1 aliphatic rings. The van der Waals surface area contributed by atoms with Gasteiger partial charge in [-0.25, -0.2) is 19.9 Å². The lowest BCUT2D eigenvalue weighted by Gasteiger charge is -2.07. The second-order valence-electron chi connectivity index (χ2n) is 4.77. The topological polar surface area (TPSA) is 65.2 Å². The number of ether oxygens (including phenoxy) is 1. The van der Waals surface area contributed by atoms with E-state index in [1.807, 2.05) is 25.5 Å². The Bertz CT molecular complexity index is 613. The Morgan fingerprint density at radius 3 is 2.82 bits per heavy atom. The molecule has 1 aliphatic heterocycles. The summed E-state index contributed by atoms with van der Waals surface area (Å²) in [4.78, 5) is 17.1. The van der Waals surface area contributed by atoms with E-state index >= 15 is 0 Å². The zero-order valence-electron chi connectivity index (χ0n) is 10.0. The number of aryl methyl sites for hydroxylation is 1. The van der Waals surface area contributed by atoms with Gasteiger partial charge in [0.25, 0.3) is 0 Å². The van der Waals surface area contributed by atoms with Crippen LogP contribution in [0.15, 0.2) is 17.6 Å². The van der Waals surface area contributed by atoms with E-state index in [4.69, 9.17) is 4.74 Å². The molecule has 2 aromatic heterocycles. The first-order valence-corrected chi connectivity index (χ1v) is 5.42. The Hall–Kier alpha value is -1.98. The van der Waals surface area contributed by atoms with Crippen LogP contribution in [0.25, 0.3) is 11.2 Å². The van der Waals surface area contributed by atoms with E-state index in [2.05, 4.69) is 19.9 Å². The largest absolute Gasteiger partial charge is 0.474 e. The molecule has 0 aromatic carbocycles. The minimum absolute atomic E-state index is 0.189. The summed E-state index contributed by atoms with van der Waals surface area (Å²) in [7, 11) is 1.91. The average molecular weight is 231 g/mol. The highest BCUT2D eigenvalue weighted by Crippen LogP contribution is 2.22. The maximum absolute atomic E-state index is 5.61. The molecule has 0 unspecified atom stereocenters. The number of fused-ring (bicyclic) bond motifs is 1. The van der Waals surface area contributed by atoms with Gasteiger partial charge in [-0.15, -0.1) is 0 Å². The van der Waals surface area contributed by atoms with Crippen LogP contribution in [0.3, 0.4) is 0 Å². The van der Waals surface area contributed by atoms with Crippen LogP contribution in [0.2, 0.25) is 0 Å². The summed E-state index contributed by atoms with van der Waals surface area (Å²) < 4.78 is 7.48. The predicted molar refractivity (Wildman–Crippen MR) is 62.9 cm³/mol. The molecule has 0 spiro atoms. The van der Waals surface area contributed by atoms with Gasteiger partial charge in [0.2, 0.25) is 5.90 Å². The van der Waals surface area contributed by atoms with Gasteiger partial charge in [0.15, 0.2) is 11.3 Å². The van der Waals surface area contributed by atoms with Gasteiger partial charge in [-0.05, 0) is 13.8 Å². The van der Waals surface area contributed by atoms with Crippen molar-refractivity contribution in [2.75, 3.05) is 6.61 Å². The van der Waals surface area contributed by atoms with Gasteiger partial charge in [0, 0.05) is 7.05 Å². The highest BCUT2D eigenvalue weighted by Gasteiger charge is 2.29. The maximum atomic E-state index is 5.61. The molecule has 6 nitrogen and oxygen atoms in total. The van der Waals surface area contributed by atoms with Crippen molar-refractivity contribution in [3.63, 3.8) is 0 Å². The Morgan fingerprint density at radius 1 is 1.29 bits per heavy atom. The molecule has 0 aliphatic carbocycles. The molecule has 0 bridgehead atoms. The van der Waals surface area contributed by atoms with Crippen LogP contribution in [0, 0.1) is 0 Å². The van der Waals surface area contributed by atoms with Crippen LogP contribution in [-0.4, -0.2) is 37.6 Å². The Kier molecular flexibility index (Phi) is 1.95. The van der Waals surface area contributed by atoms with E-state index in [0.29, 0.717) is 23.8 Å². The second-order valence-corrected chi connectivity index (χ2v) is 4.77. The smallest absolute Gasteiger partial charge is 0.238 e. The lowest BCUT2D eigenvalue weighted by atomic mass is 10.1. The van der Waals surface area contributed by atoms with Crippen molar-refractivity contribution in [2.24, 2.45) is 12.0 Å². The third-order valence-corrected chi connectivity index (χ3v) is 2.68. The lowest BCUT2D eigenvalue weighted by molar-refractivity contribution is 0.279. The number of hydrogen-bond acceptors (Lipinski definition) is 5. The Balaban J connectivity index is 2.22. The summed E-state index contributed by atoms with van der Waals surface area (Å²) in [5, 5.41) is 0. The van der Waals surface area contributed by atoms with Crippen molar-refractivity contribution >= 4 is 17.1 Å². The quantitative estimate of drug-likeness (QED) is 0.732. The number of hydrogen-bond donors (Lipinski definition) is 0. The van der Waals surface area contributed by atoms with E-state index < -0.39 is 0 Å². The van der Waals surface area contributed by atoms with Crippen molar-refractivity contribution in [3.05, 3.63) is 18.3 Å². The monoisotopic (exact) mass is 231 g/mol. The fourth-order valence-corrected chi connectivity index (χ4v) is 1.85. The minimum Gasteiger partial charge on any atom is -0.474 e. The maximum Gasteiger partial charge on any atom is 0.238 e. The van der Waals surface area contributed by atoms with Crippen LogP contribution in [-0.2, 0) is 11.8 Å². The summed E-state index contributed by atoms with van der Waals surface area (Å²) in [6, 6.07) is 0. The zero-order chi connectivity index (χ0) is 12.0. The first-order chi connectivity index (χ1) is 8.07. The first kappa shape index (κ1) is 10.2. The van der Waals surface area contributed by atoms with E-state index in [1.165, 1.54) is 6.33 Å². The first-order valence-electron chi connectivity index (χ1n) is 5.42. The average Bonchev–Trinajstić information content (AvgIpc) is 2.83. The van der Waals surface area contributed by atoms with Crippen LogP contribution in [0.4, 0.5) is 0 Å². The van der Waals surface area contributed by atoms with E-state index in [-0.39, 0.29) is 5.54 Å². The highest BCUT2D eigenvalue weighted by molar-refractivity contribution is 6.03.